The van der Waals surface area contributed by atoms with Crippen molar-refractivity contribution in [1.82, 2.24) is 14.1 Å². The number of fused-ring (bicyclic) bond motifs is 5. The molecule has 3 aromatic heterocycles. The van der Waals surface area contributed by atoms with Gasteiger partial charge in [-0.3, -0.25) is 13.7 Å². The third-order valence-electron chi connectivity index (χ3n) is 13.1. The first-order chi connectivity index (χ1) is 39.4. The predicted octanol–water partition coefficient (Wildman–Crippen LogP) is 13.7. The number of hydrogen-bond donors (Lipinski definition) is 0. The highest BCUT2D eigenvalue weighted by Crippen LogP contribution is 2.45. The fourth-order valence-corrected chi connectivity index (χ4v) is 12.8. The van der Waals surface area contributed by atoms with Crippen molar-refractivity contribution in [1.29, 1.82) is 0 Å². The average Bonchev–Trinajstić information content (AvgIpc) is 4.35. The summed E-state index contributed by atoms with van der Waals surface area (Å²) in [5.74, 6) is 3.01. The van der Waals surface area contributed by atoms with E-state index >= 15 is 0 Å². The molecule has 0 radical (unpaired) electrons. The van der Waals surface area contributed by atoms with Crippen LogP contribution in [0.15, 0.2) is 236 Å². The molecule has 0 saturated heterocycles. The van der Waals surface area contributed by atoms with Crippen LogP contribution in [-0.4, -0.2) is 22.7 Å². The maximum Gasteiger partial charge on any atom is 0.531 e. The summed E-state index contributed by atoms with van der Waals surface area (Å²) in [5.41, 5.74) is 4.60. The molecule has 0 N–H and O–H groups in total. The van der Waals surface area contributed by atoms with Crippen molar-refractivity contribution in [2.75, 3.05) is 0 Å². The highest BCUT2D eigenvalue weighted by atomic mass is 28.4. The van der Waals surface area contributed by atoms with Crippen LogP contribution in [0.4, 0.5) is 0 Å². The van der Waals surface area contributed by atoms with Crippen LogP contribution in [0.2, 0.25) is 0 Å². The Bertz CT molecular complexity index is 4440. The lowest BCUT2D eigenvalue weighted by Crippen LogP contribution is -2.66. The molecule has 1 aliphatic heterocycles. The van der Waals surface area contributed by atoms with Crippen molar-refractivity contribution in [2.24, 2.45) is 0 Å². The van der Waals surface area contributed by atoms with E-state index in [1.165, 1.54) is 0 Å². The van der Waals surface area contributed by atoms with Gasteiger partial charge in [0.15, 0.2) is 0 Å². The van der Waals surface area contributed by atoms with Crippen molar-refractivity contribution in [3.05, 3.63) is 248 Å². The number of nitrogens with zero attached hydrogens (tertiary/aromatic N) is 4. The van der Waals surface area contributed by atoms with E-state index in [0.29, 0.717) is 45.5 Å². The van der Waals surface area contributed by atoms with Crippen LogP contribution in [0.25, 0.3) is 72.3 Å². The van der Waals surface area contributed by atoms with Gasteiger partial charge in [0.05, 0.1) is 47.1 Å². The molecule has 0 bridgehead atoms. The van der Waals surface area contributed by atoms with E-state index in [1.807, 2.05) is 115 Å². The molecular formula is C64H48N4O3Si. The van der Waals surface area contributed by atoms with Gasteiger partial charge in [-0.05, 0) is 81.8 Å². The quantitative estimate of drug-likeness (QED) is 0.0822. The van der Waals surface area contributed by atoms with Gasteiger partial charge in [0.25, 0.3) is 6.33 Å². The van der Waals surface area contributed by atoms with Crippen LogP contribution >= 0.6 is 0 Å². The smallest absolute Gasteiger partial charge is 0.502 e. The van der Waals surface area contributed by atoms with Crippen molar-refractivity contribution >= 4 is 51.8 Å². The summed E-state index contributed by atoms with van der Waals surface area (Å²) in [6, 6.07) is 48.8. The maximum absolute atomic E-state index is 9.08. The van der Waals surface area contributed by atoms with Gasteiger partial charge in [0.2, 0.25) is 0 Å². The zero-order chi connectivity index (χ0) is 57.1. The number of ether oxygens (including phenoxy) is 1. The SMILES string of the molecule is [2H]c1c([2H])c([2H])c(-c2cccc(-c3c([2H])c([2H])c([2H])c([2H])c3[2H])c2-[n+]2[c-]n(-c3cccc(Oc4ccc5c6cc7c(cc6n(-c6cc(C(C)(C)C)ccn6)c5c4)O[Si](c4ccccc4)(c4ccccc4)O7)c3)c3ccccc32)c([2H])c1[2H]. The van der Waals surface area contributed by atoms with Crippen LogP contribution in [0.1, 0.15) is 40.0 Å². The number of hydrogen-bond acceptors (Lipinski definition) is 4. The number of para-hydroxylation sites is 3. The largest absolute Gasteiger partial charge is 0.531 e. The summed E-state index contributed by atoms with van der Waals surface area (Å²) < 4.78 is 114. The Labute approximate surface area is 433 Å². The fraction of sp³-hybridized carbons (Fsp3) is 0.0625. The van der Waals surface area contributed by atoms with Crippen molar-refractivity contribution in [2.45, 2.75) is 26.2 Å². The van der Waals surface area contributed by atoms with Crippen LogP contribution in [0.5, 0.6) is 23.0 Å². The summed E-state index contributed by atoms with van der Waals surface area (Å²) in [6.07, 6.45) is 5.30. The minimum Gasteiger partial charge on any atom is -0.502 e. The Morgan fingerprint density at radius 1 is 0.569 bits per heavy atom. The molecular weight excluding hydrogens is 901 g/mol. The zero-order valence-electron chi connectivity index (χ0n) is 49.3. The van der Waals surface area contributed by atoms with Crippen LogP contribution in [0, 0.1) is 6.33 Å². The monoisotopic (exact) mass is 958 g/mol. The molecule has 0 atom stereocenters. The van der Waals surface area contributed by atoms with E-state index in [0.717, 1.165) is 37.7 Å². The molecule has 1 aliphatic rings. The summed E-state index contributed by atoms with van der Waals surface area (Å²) in [5, 5.41) is 3.85. The highest BCUT2D eigenvalue weighted by molar-refractivity contribution is 6.94. The van der Waals surface area contributed by atoms with Crippen LogP contribution < -0.4 is 28.5 Å². The van der Waals surface area contributed by atoms with E-state index in [9.17, 15) is 0 Å². The Hall–Kier alpha value is -8.98. The molecule has 0 fully saturated rings. The van der Waals surface area contributed by atoms with Crippen molar-refractivity contribution in [3.8, 4) is 62.4 Å². The third kappa shape index (κ3) is 7.34. The molecule has 12 aromatic rings. The predicted molar refractivity (Wildman–Crippen MR) is 291 cm³/mol. The highest BCUT2D eigenvalue weighted by Gasteiger charge is 2.52. The van der Waals surface area contributed by atoms with E-state index in [1.54, 1.807) is 27.3 Å². The lowest BCUT2D eigenvalue weighted by molar-refractivity contribution is -0.571. The standard InChI is InChI=1S/C64H48N4O3Si/c1-64(2,3)46-36-37-65-62(38-46)68-58-40-49(34-35-54(58)55-41-60-61(42-59(55)68)71-72(70-60,50-26-12-6-13-27-50)51-28-14-7-15-29-51)69-48-25-18-24-47(39-48)66-43-67(57-33-17-16-32-56(57)66)63-52(44-20-8-4-9-21-44)30-19-31-53(63)45-22-10-5-11-23-45/h4-42H,1-3H3/i4D,5D,8D,9D,10D,11D,20D,21D,22D,23D. The summed E-state index contributed by atoms with van der Waals surface area (Å²) >= 11 is 0. The normalized spacial score (nSPS) is 14.9. The minimum atomic E-state index is -3.24. The van der Waals surface area contributed by atoms with Gasteiger partial charge in [-0.15, -0.1) is 0 Å². The van der Waals surface area contributed by atoms with E-state index in [4.69, 9.17) is 32.3 Å². The Morgan fingerprint density at radius 2 is 1.18 bits per heavy atom. The number of pyridine rings is 1. The first-order valence-corrected chi connectivity index (χ1v) is 25.3. The molecule has 0 amide bonds. The van der Waals surface area contributed by atoms with Gasteiger partial charge in [0, 0.05) is 39.5 Å². The maximum atomic E-state index is 9.08. The van der Waals surface area contributed by atoms with Gasteiger partial charge in [-0.25, -0.2) is 4.98 Å². The second-order valence-electron chi connectivity index (χ2n) is 18.6. The van der Waals surface area contributed by atoms with E-state index in [2.05, 4.69) is 74.1 Å². The minimum absolute atomic E-state index is 0.141. The molecule has 0 saturated carbocycles. The number of aromatic nitrogens is 4. The second kappa shape index (κ2) is 17.2. The number of rotatable bonds is 9. The zero-order valence-corrected chi connectivity index (χ0v) is 40.3. The van der Waals surface area contributed by atoms with Crippen molar-refractivity contribution < 1.29 is 31.9 Å². The van der Waals surface area contributed by atoms with E-state index < -0.39 is 69.0 Å². The Balaban J connectivity index is 0.950. The molecule has 4 heterocycles. The lowest BCUT2D eigenvalue weighted by Gasteiger charge is -2.24. The van der Waals surface area contributed by atoms with Gasteiger partial charge >= 0.3 is 8.56 Å². The molecule has 8 heteroatoms. The van der Waals surface area contributed by atoms with Gasteiger partial charge in [-0.2, -0.15) is 0 Å². The summed E-state index contributed by atoms with van der Waals surface area (Å²) in [7, 11) is -3.24. The van der Waals surface area contributed by atoms with Gasteiger partial charge < -0.3 is 13.6 Å². The van der Waals surface area contributed by atoms with Crippen LogP contribution in [0.3, 0.4) is 0 Å². The topological polar surface area (TPSA) is 54.3 Å². The van der Waals surface area contributed by atoms with Crippen LogP contribution in [-0.2, 0) is 5.41 Å². The second-order valence-corrected chi connectivity index (χ2v) is 21.4. The molecule has 0 spiro atoms. The first kappa shape index (κ1) is 33.5. The first-order valence-electron chi connectivity index (χ1n) is 28.5. The molecule has 72 heavy (non-hydrogen) atoms. The molecule has 346 valence electrons. The molecule has 0 aliphatic carbocycles. The molecule has 13 rings (SSSR count). The molecule has 7 nitrogen and oxygen atoms in total. The summed E-state index contributed by atoms with van der Waals surface area (Å²) in [6.45, 7) is 6.52. The van der Waals surface area contributed by atoms with Gasteiger partial charge in [0.1, 0.15) is 28.8 Å². The van der Waals surface area contributed by atoms with E-state index in [-0.39, 0.29) is 33.4 Å². The molecule has 9 aromatic carbocycles. The molecule has 0 unspecified atom stereocenters. The summed E-state index contributed by atoms with van der Waals surface area (Å²) in [4.78, 5) is 4.97. The third-order valence-corrected chi connectivity index (χ3v) is 16.3. The Morgan fingerprint density at radius 3 is 1.86 bits per heavy atom. The lowest BCUT2D eigenvalue weighted by atomic mass is 9.88. The number of benzene rings is 9. The van der Waals surface area contributed by atoms with Crippen molar-refractivity contribution in [3.63, 3.8) is 0 Å². The number of imidazole rings is 1. The Kier molecular flexibility index (Phi) is 7.99. The average molecular weight is 959 g/mol. The van der Waals surface area contributed by atoms with Gasteiger partial charge in [-0.1, -0.05) is 190 Å². The fourth-order valence-electron chi connectivity index (χ4n) is 9.73.